The first kappa shape index (κ1) is 11.6. The summed E-state index contributed by atoms with van der Waals surface area (Å²) in [6.07, 6.45) is 0. The van der Waals surface area contributed by atoms with Gasteiger partial charge in [0.1, 0.15) is 5.82 Å². The molecule has 4 heteroatoms. The summed E-state index contributed by atoms with van der Waals surface area (Å²) in [6.45, 7) is 4.96. The van der Waals surface area contributed by atoms with Gasteiger partial charge in [-0.25, -0.2) is 4.98 Å². The summed E-state index contributed by atoms with van der Waals surface area (Å²) in [4.78, 5) is 4.54. The molecule has 0 unspecified atom stereocenters. The lowest BCUT2D eigenvalue weighted by atomic mass is 10.2. The van der Waals surface area contributed by atoms with Gasteiger partial charge in [0.2, 0.25) is 0 Å². The smallest absolute Gasteiger partial charge is 0.123 e. The summed E-state index contributed by atoms with van der Waals surface area (Å²) in [5.41, 5.74) is 2.59. The maximum atomic E-state index is 8.85. The number of fused-ring (bicyclic) bond motifs is 1. The molecule has 1 aromatic heterocycles. The molecule has 2 rings (SSSR count). The van der Waals surface area contributed by atoms with E-state index in [9.17, 15) is 0 Å². The van der Waals surface area contributed by atoms with E-state index >= 15 is 0 Å². The highest BCUT2D eigenvalue weighted by molar-refractivity contribution is 5.77. The Morgan fingerprint density at radius 2 is 2.24 bits per heavy atom. The van der Waals surface area contributed by atoms with Crippen LogP contribution in [0.5, 0.6) is 0 Å². The Balaban J connectivity index is 2.39. The van der Waals surface area contributed by atoms with Gasteiger partial charge in [-0.3, -0.25) is 0 Å². The van der Waals surface area contributed by atoms with Crippen molar-refractivity contribution in [1.82, 2.24) is 14.9 Å². The van der Waals surface area contributed by atoms with Gasteiger partial charge in [-0.15, -0.1) is 0 Å². The van der Waals surface area contributed by atoms with E-state index in [0.29, 0.717) is 11.6 Å². The molecule has 17 heavy (non-hydrogen) atoms. The van der Waals surface area contributed by atoms with Crippen LogP contribution in [0.2, 0.25) is 0 Å². The van der Waals surface area contributed by atoms with Gasteiger partial charge in [0.05, 0.1) is 29.2 Å². The third-order valence-corrected chi connectivity index (χ3v) is 2.77. The summed E-state index contributed by atoms with van der Waals surface area (Å²) in [5.74, 6) is 0.990. The third kappa shape index (κ3) is 2.29. The highest BCUT2D eigenvalue weighted by atomic mass is 15.1. The van der Waals surface area contributed by atoms with E-state index < -0.39 is 0 Å². The van der Waals surface area contributed by atoms with Crippen molar-refractivity contribution in [3.05, 3.63) is 29.6 Å². The number of benzene rings is 1. The summed E-state index contributed by atoms with van der Waals surface area (Å²) in [5, 5.41) is 12.2. The Morgan fingerprint density at radius 3 is 2.88 bits per heavy atom. The van der Waals surface area contributed by atoms with Crippen LogP contribution in [-0.2, 0) is 13.6 Å². The predicted octanol–water partition coefficient (Wildman–Crippen LogP) is 1.94. The molecule has 0 bridgehead atoms. The van der Waals surface area contributed by atoms with E-state index in [1.165, 1.54) is 0 Å². The molecule has 0 spiro atoms. The monoisotopic (exact) mass is 228 g/mol. The molecule has 0 aliphatic rings. The van der Waals surface area contributed by atoms with Crippen molar-refractivity contribution in [1.29, 1.82) is 5.26 Å². The highest BCUT2D eigenvalue weighted by Gasteiger charge is 2.08. The second-order valence-electron chi connectivity index (χ2n) is 4.44. The highest BCUT2D eigenvalue weighted by Crippen LogP contribution is 2.16. The van der Waals surface area contributed by atoms with Crippen LogP contribution in [0.4, 0.5) is 0 Å². The zero-order valence-corrected chi connectivity index (χ0v) is 10.4. The van der Waals surface area contributed by atoms with Crippen LogP contribution < -0.4 is 5.32 Å². The van der Waals surface area contributed by atoms with E-state index in [0.717, 1.165) is 23.4 Å². The van der Waals surface area contributed by atoms with E-state index in [-0.39, 0.29) is 0 Å². The molecule has 4 nitrogen and oxygen atoms in total. The Kier molecular flexibility index (Phi) is 3.12. The van der Waals surface area contributed by atoms with Gasteiger partial charge in [-0.1, -0.05) is 13.8 Å². The maximum absolute atomic E-state index is 8.85. The summed E-state index contributed by atoms with van der Waals surface area (Å²) in [7, 11) is 2.00. The average Bonchev–Trinajstić information content (AvgIpc) is 2.63. The second-order valence-corrected chi connectivity index (χ2v) is 4.44. The van der Waals surface area contributed by atoms with Gasteiger partial charge in [0.25, 0.3) is 0 Å². The van der Waals surface area contributed by atoms with Crippen molar-refractivity contribution in [2.75, 3.05) is 0 Å². The molecule has 0 radical (unpaired) electrons. The number of aromatic nitrogens is 2. The second kappa shape index (κ2) is 4.56. The lowest BCUT2D eigenvalue weighted by Crippen LogP contribution is -2.23. The fraction of sp³-hybridized carbons (Fsp3) is 0.385. The molecule has 0 saturated heterocycles. The number of hydrogen-bond acceptors (Lipinski definition) is 3. The Labute approximate surface area is 101 Å². The molecule has 1 N–H and O–H groups in total. The maximum Gasteiger partial charge on any atom is 0.123 e. The number of aryl methyl sites for hydroxylation is 1. The van der Waals surface area contributed by atoms with Crippen LogP contribution in [0, 0.1) is 11.3 Å². The molecule has 0 saturated carbocycles. The normalized spacial score (nSPS) is 11.0. The van der Waals surface area contributed by atoms with E-state index in [1.807, 2.05) is 25.2 Å². The van der Waals surface area contributed by atoms with Gasteiger partial charge in [0.15, 0.2) is 0 Å². The van der Waals surface area contributed by atoms with Crippen LogP contribution >= 0.6 is 0 Å². The molecule has 0 fully saturated rings. The molecule has 88 valence electrons. The van der Waals surface area contributed by atoms with Gasteiger partial charge >= 0.3 is 0 Å². The third-order valence-electron chi connectivity index (χ3n) is 2.77. The molecular formula is C13H16N4. The average molecular weight is 228 g/mol. The standard InChI is InChI=1S/C13H16N4/c1-9(2)15-8-13-16-11-6-10(7-14)4-5-12(11)17(13)3/h4-6,9,15H,8H2,1-3H3. The minimum Gasteiger partial charge on any atom is -0.330 e. The van der Waals surface area contributed by atoms with Gasteiger partial charge in [0, 0.05) is 13.1 Å². The number of nitrogens with zero attached hydrogens (tertiary/aromatic N) is 3. The minimum atomic E-state index is 0.435. The Hall–Kier alpha value is -1.86. The lowest BCUT2D eigenvalue weighted by molar-refractivity contribution is 0.563. The van der Waals surface area contributed by atoms with Gasteiger partial charge < -0.3 is 9.88 Å². The molecule has 0 amide bonds. The fourth-order valence-electron chi connectivity index (χ4n) is 1.77. The Morgan fingerprint density at radius 1 is 1.47 bits per heavy atom. The van der Waals surface area contributed by atoms with Crippen LogP contribution in [0.3, 0.4) is 0 Å². The van der Waals surface area contributed by atoms with Crippen LogP contribution in [-0.4, -0.2) is 15.6 Å². The molecule has 0 aliphatic carbocycles. The summed E-state index contributed by atoms with van der Waals surface area (Å²) in [6, 6.07) is 8.16. The molecule has 0 aliphatic heterocycles. The lowest BCUT2D eigenvalue weighted by Gasteiger charge is -2.07. The number of rotatable bonds is 3. The first-order chi connectivity index (χ1) is 8.11. The van der Waals surface area contributed by atoms with Crippen molar-refractivity contribution >= 4 is 11.0 Å². The molecule has 1 aromatic carbocycles. The van der Waals surface area contributed by atoms with E-state index in [4.69, 9.17) is 5.26 Å². The van der Waals surface area contributed by atoms with E-state index in [1.54, 1.807) is 0 Å². The quantitative estimate of drug-likeness (QED) is 0.873. The molecule has 0 atom stereocenters. The zero-order chi connectivity index (χ0) is 12.4. The number of nitriles is 1. The Bertz CT molecular complexity index is 575. The fourth-order valence-corrected chi connectivity index (χ4v) is 1.77. The largest absolute Gasteiger partial charge is 0.330 e. The minimum absolute atomic E-state index is 0.435. The van der Waals surface area contributed by atoms with Crippen molar-refractivity contribution in [2.24, 2.45) is 7.05 Å². The van der Waals surface area contributed by atoms with Gasteiger partial charge in [-0.2, -0.15) is 5.26 Å². The van der Waals surface area contributed by atoms with Crippen LogP contribution in [0.15, 0.2) is 18.2 Å². The SMILES string of the molecule is CC(C)NCc1nc2cc(C#N)ccc2n1C. The summed E-state index contributed by atoms with van der Waals surface area (Å²) >= 11 is 0. The van der Waals surface area contributed by atoms with E-state index in [2.05, 4.69) is 34.8 Å². The van der Waals surface area contributed by atoms with Crippen molar-refractivity contribution in [3.8, 4) is 6.07 Å². The molecular weight excluding hydrogens is 212 g/mol. The summed E-state index contributed by atoms with van der Waals surface area (Å²) < 4.78 is 2.06. The first-order valence-corrected chi connectivity index (χ1v) is 5.70. The zero-order valence-electron chi connectivity index (χ0n) is 10.4. The van der Waals surface area contributed by atoms with Crippen LogP contribution in [0.25, 0.3) is 11.0 Å². The van der Waals surface area contributed by atoms with Crippen molar-refractivity contribution in [3.63, 3.8) is 0 Å². The first-order valence-electron chi connectivity index (χ1n) is 5.70. The number of hydrogen-bond donors (Lipinski definition) is 1. The van der Waals surface area contributed by atoms with Gasteiger partial charge in [-0.05, 0) is 18.2 Å². The number of nitrogens with one attached hydrogen (secondary N) is 1. The topological polar surface area (TPSA) is 53.6 Å². The molecule has 2 aromatic rings. The number of imidazole rings is 1. The van der Waals surface area contributed by atoms with Crippen molar-refractivity contribution < 1.29 is 0 Å². The predicted molar refractivity (Wildman–Crippen MR) is 67.4 cm³/mol. The molecule has 1 heterocycles. The van der Waals surface area contributed by atoms with Crippen molar-refractivity contribution in [2.45, 2.75) is 26.4 Å². The van der Waals surface area contributed by atoms with Crippen LogP contribution in [0.1, 0.15) is 25.2 Å².